The zero-order valence-electron chi connectivity index (χ0n) is 48.3. The third-order valence-electron chi connectivity index (χ3n) is 18.0. The summed E-state index contributed by atoms with van der Waals surface area (Å²) in [6.07, 6.45) is 10.6. The molecule has 446 valence electrons. The molecule has 2 amide bonds. The lowest BCUT2D eigenvalue weighted by Crippen LogP contribution is -2.47. The van der Waals surface area contributed by atoms with Crippen molar-refractivity contribution < 1.29 is 51.3 Å². The Morgan fingerprint density at radius 2 is 1.64 bits per heavy atom. The number of hydrogen-bond donors (Lipinski definition) is 2. The van der Waals surface area contributed by atoms with E-state index < -0.39 is 29.5 Å². The van der Waals surface area contributed by atoms with Gasteiger partial charge in [0.1, 0.15) is 47.3 Å². The summed E-state index contributed by atoms with van der Waals surface area (Å²) in [5.74, 6) is -4.57. The number of carbonyl (C=O) groups excluding carboxylic acids is 3. The predicted molar refractivity (Wildman–Crippen MR) is 308 cm³/mol. The second kappa shape index (κ2) is 25.6. The van der Waals surface area contributed by atoms with Gasteiger partial charge in [-0.25, -0.2) is 27.5 Å². The number of likely N-dealkylation sites (tertiary alicyclic amines) is 1. The van der Waals surface area contributed by atoms with Crippen molar-refractivity contribution in [1.82, 2.24) is 44.8 Å². The summed E-state index contributed by atoms with van der Waals surface area (Å²) in [6.45, 7) is 8.20. The Morgan fingerprint density at radius 1 is 0.916 bits per heavy atom. The van der Waals surface area contributed by atoms with Crippen LogP contribution < -0.4 is 19.9 Å². The molecule has 2 N–H and O–H groups in total. The van der Waals surface area contributed by atoms with E-state index in [1.807, 2.05) is 24.0 Å². The molecule has 10 heterocycles. The highest BCUT2D eigenvalue weighted by atomic mass is 19.3. The first-order chi connectivity index (χ1) is 40.2. The number of anilines is 2. The number of aromatic hydroxyl groups is 1. The van der Waals surface area contributed by atoms with Gasteiger partial charge in [-0.15, -0.1) is 0 Å². The lowest BCUT2D eigenvalue weighted by Gasteiger charge is -2.41. The molecule has 6 aromatic rings. The molecular formula is C61H77F4N11O7. The molecule has 0 aliphatic carbocycles. The van der Waals surface area contributed by atoms with Gasteiger partial charge in [-0.2, -0.15) is 15.1 Å². The summed E-state index contributed by atoms with van der Waals surface area (Å²) in [5, 5.41) is 20.4. The maximum absolute atomic E-state index is 17.0. The van der Waals surface area contributed by atoms with Crippen molar-refractivity contribution in [2.45, 2.75) is 120 Å². The number of benzene rings is 2. The van der Waals surface area contributed by atoms with Crippen LogP contribution in [0.25, 0.3) is 44.0 Å². The van der Waals surface area contributed by atoms with E-state index in [1.54, 1.807) is 50.0 Å². The number of likely N-dealkylation sites (N-methyl/N-ethyl adjacent to an activating group) is 1. The molecule has 0 bridgehead atoms. The molecule has 83 heavy (non-hydrogen) atoms. The number of rotatable bonds is 14. The van der Waals surface area contributed by atoms with Crippen molar-refractivity contribution in [3.05, 3.63) is 65.0 Å². The first kappa shape index (κ1) is 59.4. The minimum atomic E-state index is -2.74. The Balaban J connectivity index is 0.000000181. The number of nitrogens with one attached hydrogen (secondary N) is 1. The second-order valence-corrected chi connectivity index (χ2v) is 23.0. The maximum Gasteiger partial charge on any atom is 0.319 e. The number of pyridine rings is 2. The Hall–Kier alpha value is -6.78. The Labute approximate surface area is 481 Å². The standard InChI is InChI=1S/C34H37F2N5O3.C25H34F2N6O3.C2H6O/c1-2-23-25(35)8-6-20-16-22(42)17-24(27(20)23)30-29(36)31-28-26(37-30)9-7-21-18-43-15-5-14-41(21)32(28)39-33(38-31)44-19-34-10-3-12-40(34)13-4-11-34;1-28-24(36)20(4-3-15-34)22-19-5-6-21(29-23(19)31(2)30-22)33-13-9-18(10-14-33)25(26,27)17-7-11-32(16-35)12-8-17;1-3-2/h6,8,16-17,21,42H,2-5,7,9-15,18-19H2,1H3;5-6,15-18,20H,3-4,7-14H2,1-2H3,(H,28,36);1-2H3. The van der Waals surface area contributed by atoms with Crippen molar-refractivity contribution in [2.75, 3.05) is 96.7 Å². The number of phenols is 1. The van der Waals surface area contributed by atoms with Crippen molar-refractivity contribution in [1.29, 1.82) is 0 Å². The van der Waals surface area contributed by atoms with Crippen molar-refractivity contribution in [2.24, 2.45) is 18.9 Å². The first-order valence-corrected chi connectivity index (χ1v) is 29.4. The summed E-state index contributed by atoms with van der Waals surface area (Å²) < 4.78 is 80.8. The zero-order chi connectivity index (χ0) is 58.6. The quantitative estimate of drug-likeness (QED) is 0.0777. The van der Waals surface area contributed by atoms with Crippen LogP contribution in [0.2, 0.25) is 0 Å². The van der Waals surface area contributed by atoms with Gasteiger partial charge in [0, 0.05) is 96.9 Å². The largest absolute Gasteiger partial charge is 0.508 e. The molecule has 2 unspecified atom stereocenters. The van der Waals surface area contributed by atoms with Crippen LogP contribution in [0.3, 0.4) is 0 Å². The molecule has 4 aromatic heterocycles. The molecule has 6 aliphatic rings. The number of hydrogen-bond acceptors (Lipinski definition) is 15. The Morgan fingerprint density at radius 3 is 2.33 bits per heavy atom. The summed E-state index contributed by atoms with van der Waals surface area (Å²) in [6, 6.07) is 10.0. The normalized spacial score (nSPS) is 19.7. The van der Waals surface area contributed by atoms with Crippen LogP contribution in [0.15, 0.2) is 36.4 Å². The predicted octanol–water partition coefficient (Wildman–Crippen LogP) is 8.70. The van der Waals surface area contributed by atoms with Gasteiger partial charge in [-0.1, -0.05) is 13.0 Å². The average Bonchev–Trinajstić information content (AvgIpc) is 3.29. The molecule has 5 fully saturated rings. The Bertz CT molecular complexity index is 3300. The lowest BCUT2D eigenvalue weighted by atomic mass is 9.79. The van der Waals surface area contributed by atoms with Gasteiger partial charge in [0.15, 0.2) is 11.5 Å². The number of ether oxygens (including phenoxy) is 3. The number of aromatic nitrogens is 6. The number of phenolic OH excluding ortho intramolecular Hbond substituents is 1. The van der Waals surface area contributed by atoms with Gasteiger partial charge in [0.2, 0.25) is 12.3 Å². The molecule has 2 aromatic carbocycles. The number of fused-ring (bicyclic) bond motifs is 5. The van der Waals surface area contributed by atoms with E-state index in [2.05, 4.69) is 25.0 Å². The van der Waals surface area contributed by atoms with E-state index in [1.165, 1.54) is 12.1 Å². The van der Waals surface area contributed by atoms with Crippen LogP contribution in [0, 0.1) is 23.5 Å². The summed E-state index contributed by atoms with van der Waals surface area (Å²) in [5.41, 5.74) is 2.86. The zero-order valence-corrected chi connectivity index (χ0v) is 48.3. The number of piperidine rings is 2. The van der Waals surface area contributed by atoms with Crippen LogP contribution >= 0.6 is 0 Å². The highest BCUT2D eigenvalue weighted by Crippen LogP contribution is 2.46. The third kappa shape index (κ3) is 11.9. The van der Waals surface area contributed by atoms with Crippen LogP contribution in [-0.2, 0) is 43.7 Å². The smallest absolute Gasteiger partial charge is 0.319 e. The number of methoxy groups -OCH3 is 1. The topological polar surface area (TPSA) is 193 Å². The first-order valence-electron chi connectivity index (χ1n) is 29.4. The van der Waals surface area contributed by atoms with Crippen LogP contribution in [0.1, 0.15) is 107 Å². The number of nitrogens with zero attached hydrogens (tertiary/aromatic N) is 10. The van der Waals surface area contributed by atoms with Gasteiger partial charge in [-0.05, 0) is 143 Å². The number of aryl methyl sites for hydroxylation is 3. The van der Waals surface area contributed by atoms with E-state index in [9.17, 15) is 19.5 Å². The van der Waals surface area contributed by atoms with E-state index in [0.29, 0.717) is 147 Å². The fourth-order valence-electron chi connectivity index (χ4n) is 13.8. The molecule has 18 nitrogen and oxygen atoms in total. The minimum absolute atomic E-state index is 0.0143. The third-order valence-corrected chi connectivity index (χ3v) is 18.0. The highest BCUT2D eigenvalue weighted by molar-refractivity contribution is 6.02. The van der Waals surface area contributed by atoms with Gasteiger partial charge in [0.05, 0.1) is 40.9 Å². The number of alkyl halides is 2. The molecule has 2 atom stereocenters. The van der Waals surface area contributed by atoms with E-state index in [0.717, 1.165) is 76.2 Å². The van der Waals surface area contributed by atoms with Gasteiger partial charge in [-0.3, -0.25) is 19.2 Å². The molecule has 12 rings (SSSR count). The fourth-order valence-corrected chi connectivity index (χ4v) is 13.8. The van der Waals surface area contributed by atoms with Gasteiger partial charge >= 0.3 is 6.01 Å². The number of carbonyl (C=O) groups is 3. The van der Waals surface area contributed by atoms with Crippen molar-refractivity contribution in [3.8, 4) is 23.0 Å². The summed E-state index contributed by atoms with van der Waals surface area (Å²) >= 11 is 0. The monoisotopic (exact) mass is 1150 g/mol. The van der Waals surface area contributed by atoms with E-state index >= 15 is 17.6 Å². The summed E-state index contributed by atoms with van der Waals surface area (Å²) in [4.78, 5) is 62.0. The SMILES string of the molecule is CCc1c(F)ccc2cc(O)cc(-c3nc4c5c(nc(OCC67CCCN6CCC7)nc5c3F)N3CCCOCC3CC4)c12.CNC(=O)C(CCC=O)c1nn(C)c2nc(N3CCC(C(F)(F)C4CCN(C=O)CC4)CC3)ccc12.COC. The molecule has 0 radical (unpaired) electrons. The van der Waals surface area contributed by atoms with Crippen LogP contribution in [0.4, 0.5) is 29.2 Å². The molecular weight excluding hydrogens is 1070 g/mol. The van der Waals surface area contributed by atoms with Crippen molar-refractivity contribution >= 4 is 62.9 Å². The molecule has 6 aliphatic heterocycles. The van der Waals surface area contributed by atoms with Crippen molar-refractivity contribution in [3.63, 3.8) is 0 Å². The minimum Gasteiger partial charge on any atom is -0.508 e. The van der Waals surface area contributed by atoms with Crippen LogP contribution in [0.5, 0.6) is 11.8 Å². The molecule has 22 heteroatoms. The maximum atomic E-state index is 17.0. The fraction of sp³-hybridized carbons (Fsp3) is 0.574. The molecule has 0 saturated carbocycles. The number of halogens is 4. The van der Waals surface area contributed by atoms with E-state index in [-0.39, 0.29) is 52.7 Å². The van der Waals surface area contributed by atoms with Gasteiger partial charge < -0.3 is 44.1 Å². The number of aldehydes is 1. The summed E-state index contributed by atoms with van der Waals surface area (Å²) in [7, 11) is 6.56. The van der Waals surface area contributed by atoms with E-state index in [4.69, 9.17) is 29.4 Å². The molecule has 5 saturated heterocycles. The lowest BCUT2D eigenvalue weighted by molar-refractivity contribution is -0.137. The van der Waals surface area contributed by atoms with Crippen LogP contribution in [-0.4, -0.2) is 168 Å². The highest BCUT2D eigenvalue weighted by Gasteiger charge is 2.49. The molecule has 0 spiro atoms. The second-order valence-electron chi connectivity index (χ2n) is 23.0. The number of amides is 2. The van der Waals surface area contributed by atoms with Gasteiger partial charge in [0.25, 0.3) is 5.92 Å². The average molecular weight is 1150 g/mol. The Kier molecular flexibility index (Phi) is 18.3.